The summed E-state index contributed by atoms with van der Waals surface area (Å²) in [5.74, 6) is -0.969. The summed E-state index contributed by atoms with van der Waals surface area (Å²) >= 11 is 0. The Kier molecular flexibility index (Phi) is 16.4. The minimum absolute atomic E-state index is 0.0300. The number of aliphatic carboxylic acids is 1. The second-order valence-electron chi connectivity index (χ2n) is 8.78. The second-order valence-corrected chi connectivity index (χ2v) is 8.78. The van der Waals surface area contributed by atoms with Crippen LogP contribution in [0.3, 0.4) is 0 Å². The van der Waals surface area contributed by atoms with Crippen molar-refractivity contribution in [3.05, 3.63) is 35.9 Å². The lowest BCUT2D eigenvalue weighted by Gasteiger charge is -2.18. The number of carbonyl (C=O) groups is 2. The van der Waals surface area contributed by atoms with Crippen molar-refractivity contribution < 1.29 is 24.2 Å². The van der Waals surface area contributed by atoms with E-state index in [9.17, 15) is 9.59 Å². The zero-order valence-electron chi connectivity index (χ0n) is 20.2. The van der Waals surface area contributed by atoms with Gasteiger partial charge in [-0.3, -0.25) is 9.59 Å². The molecule has 0 spiro atoms. The zero-order chi connectivity index (χ0) is 23.4. The van der Waals surface area contributed by atoms with Crippen LogP contribution in [0.15, 0.2) is 30.3 Å². The first kappa shape index (κ1) is 28.2. The van der Waals surface area contributed by atoms with Gasteiger partial charge < -0.3 is 14.6 Å². The Hall–Kier alpha value is -1.88. The van der Waals surface area contributed by atoms with E-state index in [4.69, 9.17) is 14.6 Å². The molecule has 1 aromatic carbocycles. The molecular formula is C27H44O5. The first-order valence-corrected chi connectivity index (χ1v) is 12.6. The normalized spacial score (nSPS) is 12.9. The molecule has 2 atom stereocenters. The second kappa shape index (κ2) is 18.7. The average Bonchev–Trinajstić information content (AvgIpc) is 2.76. The fraction of sp³-hybridized carbons (Fsp3) is 0.704. The molecule has 1 rings (SSSR count). The molecule has 0 saturated heterocycles. The van der Waals surface area contributed by atoms with Gasteiger partial charge in [-0.05, 0) is 50.5 Å². The Labute approximate surface area is 194 Å². The smallest absolute Gasteiger partial charge is 0.303 e. The van der Waals surface area contributed by atoms with Crippen LogP contribution in [0.5, 0.6) is 0 Å². The highest BCUT2D eigenvalue weighted by Gasteiger charge is 2.12. The zero-order valence-corrected chi connectivity index (χ0v) is 20.2. The van der Waals surface area contributed by atoms with Crippen molar-refractivity contribution in [2.75, 3.05) is 0 Å². The first-order valence-electron chi connectivity index (χ1n) is 12.6. The molecule has 0 saturated carbocycles. The van der Waals surface area contributed by atoms with Crippen LogP contribution < -0.4 is 0 Å². The van der Waals surface area contributed by atoms with Gasteiger partial charge in [-0.15, -0.1) is 0 Å². The molecule has 0 aliphatic heterocycles. The number of benzene rings is 1. The predicted octanol–water partition coefficient (Wildman–Crippen LogP) is 7.07. The molecule has 0 radical (unpaired) electrons. The molecule has 0 amide bonds. The van der Waals surface area contributed by atoms with Gasteiger partial charge >= 0.3 is 11.9 Å². The van der Waals surface area contributed by atoms with E-state index >= 15 is 0 Å². The summed E-state index contributed by atoms with van der Waals surface area (Å²) in [6.07, 6.45) is 13.9. The maximum absolute atomic E-state index is 11.4. The average molecular weight is 449 g/mol. The number of esters is 1. The molecular weight excluding hydrogens is 404 g/mol. The minimum Gasteiger partial charge on any atom is -0.481 e. The van der Waals surface area contributed by atoms with Crippen molar-refractivity contribution in [3.63, 3.8) is 0 Å². The molecule has 5 nitrogen and oxygen atoms in total. The molecule has 0 aromatic heterocycles. The number of ether oxygens (including phenoxy) is 2. The quantitative estimate of drug-likeness (QED) is 0.171. The summed E-state index contributed by atoms with van der Waals surface area (Å²) in [4.78, 5) is 21.9. The van der Waals surface area contributed by atoms with Gasteiger partial charge in [0.05, 0.1) is 12.7 Å². The van der Waals surface area contributed by atoms with E-state index in [1.807, 2.05) is 6.07 Å². The van der Waals surface area contributed by atoms with Gasteiger partial charge in [0.15, 0.2) is 0 Å². The third kappa shape index (κ3) is 15.9. The Morgan fingerprint density at radius 3 is 1.94 bits per heavy atom. The Balaban J connectivity index is 2.14. The molecule has 32 heavy (non-hydrogen) atoms. The van der Waals surface area contributed by atoms with Crippen LogP contribution in [0.25, 0.3) is 0 Å². The lowest BCUT2D eigenvalue weighted by molar-refractivity contribution is -0.147. The van der Waals surface area contributed by atoms with Crippen LogP contribution in [-0.2, 0) is 25.7 Å². The standard InChI is InChI=1S/C27H44O5/c1-3-15-25(31-22-24-16-9-7-10-17-24)18-11-5-4-6-12-19-26(32-23(2)28)20-13-8-14-21-27(29)30/h7,9-10,16-17,25-26H,3-6,8,11-15,18-22H2,1-2H3,(H,29,30). The van der Waals surface area contributed by atoms with E-state index in [2.05, 4.69) is 31.2 Å². The molecule has 2 unspecified atom stereocenters. The van der Waals surface area contributed by atoms with Crippen LogP contribution in [-0.4, -0.2) is 29.3 Å². The topological polar surface area (TPSA) is 72.8 Å². The van der Waals surface area contributed by atoms with Crippen molar-refractivity contribution in [3.8, 4) is 0 Å². The summed E-state index contributed by atoms with van der Waals surface area (Å²) in [6.45, 7) is 4.37. The third-order valence-corrected chi connectivity index (χ3v) is 5.74. The summed E-state index contributed by atoms with van der Waals surface area (Å²) < 4.78 is 11.6. The van der Waals surface area contributed by atoms with Crippen molar-refractivity contribution in [2.24, 2.45) is 0 Å². The van der Waals surface area contributed by atoms with Crippen molar-refractivity contribution >= 4 is 11.9 Å². The van der Waals surface area contributed by atoms with Crippen molar-refractivity contribution in [1.29, 1.82) is 0 Å². The predicted molar refractivity (Wildman–Crippen MR) is 129 cm³/mol. The van der Waals surface area contributed by atoms with E-state index in [0.29, 0.717) is 19.1 Å². The number of rotatable bonds is 20. The molecule has 1 aromatic rings. The van der Waals surface area contributed by atoms with Gasteiger partial charge in [-0.1, -0.05) is 75.8 Å². The highest BCUT2D eigenvalue weighted by molar-refractivity contribution is 5.66. The largest absolute Gasteiger partial charge is 0.481 e. The third-order valence-electron chi connectivity index (χ3n) is 5.74. The highest BCUT2D eigenvalue weighted by atomic mass is 16.5. The SMILES string of the molecule is CCCC(CCCCCCCC(CCCCCC(=O)O)OC(C)=O)OCc1ccccc1. The molecule has 0 heterocycles. The molecule has 1 N–H and O–H groups in total. The van der Waals surface area contributed by atoms with Crippen LogP contribution in [0.2, 0.25) is 0 Å². The first-order chi connectivity index (χ1) is 15.5. The van der Waals surface area contributed by atoms with Gasteiger partial charge in [0.2, 0.25) is 0 Å². The number of carboxylic acids is 1. The summed E-state index contributed by atoms with van der Waals surface area (Å²) in [6, 6.07) is 10.4. The van der Waals surface area contributed by atoms with Crippen molar-refractivity contribution in [1.82, 2.24) is 0 Å². The van der Waals surface area contributed by atoms with E-state index in [0.717, 1.165) is 57.8 Å². The van der Waals surface area contributed by atoms with E-state index in [1.54, 1.807) is 0 Å². The number of unbranched alkanes of at least 4 members (excludes halogenated alkanes) is 6. The maximum Gasteiger partial charge on any atom is 0.303 e. The lowest BCUT2D eigenvalue weighted by atomic mass is 10.0. The fourth-order valence-electron chi connectivity index (χ4n) is 4.02. The fourth-order valence-corrected chi connectivity index (χ4v) is 4.02. The molecule has 5 heteroatoms. The molecule has 0 fully saturated rings. The van der Waals surface area contributed by atoms with E-state index in [1.165, 1.54) is 31.7 Å². The van der Waals surface area contributed by atoms with Crippen molar-refractivity contribution in [2.45, 2.75) is 123 Å². The monoisotopic (exact) mass is 448 g/mol. The minimum atomic E-state index is -0.745. The number of carboxylic acid groups (broad SMARTS) is 1. The van der Waals surface area contributed by atoms with Crippen LogP contribution in [0.4, 0.5) is 0 Å². The number of hydrogen-bond donors (Lipinski definition) is 1. The van der Waals surface area contributed by atoms with Gasteiger partial charge in [0.25, 0.3) is 0 Å². The van der Waals surface area contributed by atoms with Gasteiger partial charge in [0.1, 0.15) is 6.10 Å². The Morgan fingerprint density at radius 1 is 0.812 bits per heavy atom. The summed E-state index contributed by atoms with van der Waals surface area (Å²) in [5, 5.41) is 8.70. The van der Waals surface area contributed by atoms with E-state index in [-0.39, 0.29) is 18.5 Å². The number of hydrogen-bond acceptors (Lipinski definition) is 4. The molecule has 0 aliphatic carbocycles. The lowest BCUT2D eigenvalue weighted by Crippen LogP contribution is -2.16. The summed E-state index contributed by atoms with van der Waals surface area (Å²) in [7, 11) is 0. The highest BCUT2D eigenvalue weighted by Crippen LogP contribution is 2.18. The van der Waals surface area contributed by atoms with Crippen LogP contribution in [0, 0.1) is 0 Å². The van der Waals surface area contributed by atoms with Crippen LogP contribution in [0.1, 0.15) is 109 Å². The van der Waals surface area contributed by atoms with Gasteiger partial charge in [0, 0.05) is 13.3 Å². The Morgan fingerprint density at radius 2 is 1.38 bits per heavy atom. The van der Waals surface area contributed by atoms with E-state index < -0.39 is 5.97 Å². The molecule has 0 bridgehead atoms. The molecule has 0 aliphatic rings. The molecule has 182 valence electrons. The Bertz CT molecular complexity index is 601. The van der Waals surface area contributed by atoms with Crippen LogP contribution >= 0.6 is 0 Å². The summed E-state index contributed by atoms with van der Waals surface area (Å²) in [5.41, 5.74) is 1.23. The van der Waals surface area contributed by atoms with Gasteiger partial charge in [-0.25, -0.2) is 0 Å². The maximum atomic E-state index is 11.4. The number of carbonyl (C=O) groups excluding carboxylic acids is 1. The van der Waals surface area contributed by atoms with Gasteiger partial charge in [-0.2, -0.15) is 0 Å².